The lowest BCUT2D eigenvalue weighted by Crippen LogP contribution is -2.33. The molecule has 0 heterocycles. The van der Waals surface area contributed by atoms with Gasteiger partial charge in [-0.05, 0) is 31.4 Å². The van der Waals surface area contributed by atoms with Crippen LogP contribution >= 0.6 is 0 Å². The average Bonchev–Trinajstić information content (AvgIpc) is 2.36. The largest absolute Gasteiger partial charge is 0.350 e. The minimum Gasteiger partial charge on any atom is -0.350 e. The van der Waals surface area contributed by atoms with Gasteiger partial charge in [-0.15, -0.1) is 0 Å². The summed E-state index contributed by atoms with van der Waals surface area (Å²) in [5, 5.41) is 13.7. The molecule has 110 valence electrons. The van der Waals surface area contributed by atoms with Crippen LogP contribution in [0.1, 0.15) is 37.6 Å². The lowest BCUT2D eigenvalue weighted by atomic mass is 10.0. The quantitative estimate of drug-likeness (QED) is 0.419. The fourth-order valence-corrected chi connectivity index (χ4v) is 2.02. The van der Waals surface area contributed by atoms with Gasteiger partial charge in [-0.1, -0.05) is 13.8 Å². The Hall–Kier alpha value is -2.15. The fourth-order valence-electron chi connectivity index (χ4n) is 2.02. The minimum absolute atomic E-state index is 0.00821. The topological polar surface area (TPSA) is 110 Å². The third-order valence-electron chi connectivity index (χ3n) is 2.81. The van der Waals surface area contributed by atoms with Crippen molar-refractivity contribution in [1.82, 2.24) is 5.32 Å². The van der Waals surface area contributed by atoms with Gasteiger partial charge in [0.25, 0.3) is 11.6 Å². The highest BCUT2D eigenvalue weighted by atomic mass is 16.6. The first-order chi connectivity index (χ1) is 9.35. The zero-order chi connectivity index (χ0) is 15.3. The van der Waals surface area contributed by atoms with E-state index in [4.69, 9.17) is 5.84 Å². The highest BCUT2D eigenvalue weighted by Gasteiger charge is 2.18. The smallest absolute Gasteiger partial charge is 0.294 e. The molecule has 0 saturated carbocycles. The minimum atomic E-state index is -0.580. The number of nitrogens with two attached hydrogens (primary N) is 1. The number of hydrogen-bond donors (Lipinski definition) is 3. The Morgan fingerprint density at radius 3 is 2.55 bits per heavy atom. The van der Waals surface area contributed by atoms with Crippen LogP contribution < -0.4 is 16.6 Å². The van der Waals surface area contributed by atoms with Gasteiger partial charge in [-0.3, -0.25) is 20.8 Å². The number of carbonyl (C=O) groups excluding carboxylic acids is 1. The van der Waals surface area contributed by atoms with Gasteiger partial charge in [-0.2, -0.15) is 0 Å². The maximum atomic E-state index is 12.0. The number of carbonyl (C=O) groups is 1. The Morgan fingerprint density at radius 1 is 1.40 bits per heavy atom. The molecule has 0 saturated heterocycles. The Morgan fingerprint density at radius 2 is 2.05 bits per heavy atom. The van der Waals surface area contributed by atoms with Gasteiger partial charge in [0.2, 0.25) is 0 Å². The molecule has 0 fully saturated rings. The van der Waals surface area contributed by atoms with Crippen molar-refractivity contribution in [3.8, 4) is 0 Å². The third-order valence-corrected chi connectivity index (χ3v) is 2.81. The zero-order valence-corrected chi connectivity index (χ0v) is 11.8. The normalized spacial score (nSPS) is 12.1. The van der Waals surface area contributed by atoms with E-state index in [1.807, 2.05) is 6.92 Å². The summed E-state index contributed by atoms with van der Waals surface area (Å²) in [4.78, 5) is 22.3. The number of benzene rings is 1. The Kier molecular flexibility index (Phi) is 5.45. The summed E-state index contributed by atoms with van der Waals surface area (Å²) in [6, 6.07) is 4.14. The van der Waals surface area contributed by atoms with Crippen LogP contribution in [0.5, 0.6) is 0 Å². The van der Waals surface area contributed by atoms with Crippen LogP contribution in [-0.2, 0) is 0 Å². The summed E-state index contributed by atoms with van der Waals surface area (Å²) in [5.74, 6) is 5.33. The van der Waals surface area contributed by atoms with E-state index in [1.54, 1.807) is 0 Å². The number of hydrogen-bond acceptors (Lipinski definition) is 5. The molecule has 0 radical (unpaired) electrons. The van der Waals surface area contributed by atoms with Gasteiger partial charge in [0.05, 0.1) is 4.92 Å². The van der Waals surface area contributed by atoms with E-state index in [-0.39, 0.29) is 28.9 Å². The predicted octanol–water partition coefficient (Wildman–Crippen LogP) is 2.04. The first-order valence-electron chi connectivity index (χ1n) is 6.41. The lowest BCUT2D eigenvalue weighted by Gasteiger charge is -2.16. The zero-order valence-electron chi connectivity index (χ0n) is 11.8. The number of nitro groups is 1. The molecule has 4 N–H and O–H groups in total. The standard InChI is InChI=1S/C13H20N4O3/c1-8(2)6-9(3)15-13(18)10-4-5-11(16-14)12(7-10)17(19)20/h4-5,7-9,16H,6,14H2,1-3H3,(H,15,18). The molecule has 1 aromatic rings. The molecular formula is C13H20N4O3. The molecule has 1 amide bonds. The van der Waals surface area contributed by atoms with Crippen molar-refractivity contribution >= 4 is 17.3 Å². The summed E-state index contributed by atoms with van der Waals surface area (Å²) in [5.41, 5.74) is 2.42. The number of rotatable bonds is 6. The molecule has 7 nitrogen and oxygen atoms in total. The van der Waals surface area contributed by atoms with Gasteiger partial charge < -0.3 is 10.7 Å². The second-order valence-corrected chi connectivity index (χ2v) is 5.14. The maximum absolute atomic E-state index is 12.0. The van der Waals surface area contributed by atoms with Gasteiger partial charge in [0.1, 0.15) is 5.69 Å². The van der Waals surface area contributed by atoms with E-state index < -0.39 is 4.92 Å². The van der Waals surface area contributed by atoms with Gasteiger partial charge in [0.15, 0.2) is 0 Å². The van der Waals surface area contributed by atoms with Crippen molar-refractivity contribution in [1.29, 1.82) is 0 Å². The summed E-state index contributed by atoms with van der Waals surface area (Å²) in [6.45, 7) is 6.03. The Labute approximate surface area is 117 Å². The molecule has 1 unspecified atom stereocenters. The van der Waals surface area contributed by atoms with E-state index in [0.29, 0.717) is 5.92 Å². The first-order valence-corrected chi connectivity index (χ1v) is 6.41. The van der Waals surface area contributed by atoms with Crippen LogP contribution in [0.4, 0.5) is 11.4 Å². The maximum Gasteiger partial charge on any atom is 0.294 e. The highest BCUT2D eigenvalue weighted by Crippen LogP contribution is 2.24. The van der Waals surface area contributed by atoms with Crippen LogP contribution in [0.2, 0.25) is 0 Å². The van der Waals surface area contributed by atoms with E-state index in [1.165, 1.54) is 18.2 Å². The molecule has 0 spiro atoms. The van der Waals surface area contributed by atoms with E-state index >= 15 is 0 Å². The first kappa shape index (κ1) is 15.9. The Bertz CT molecular complexity index is 502. The number of nitrogens with one attached hydrogen (secondary N) is 2. The Balaban J connectivity index is 2.88. The summed E-state index contributed by atoms with van der Waals surface area (Å²) >= 11 is 0. The van der Waals surface area contributed by atoms with Crippen LogP contribution in [0.25, 0.3) is 0 Å². The second kappa shape index (κ2) is 6.85. The predicted molar refractivity (Wildman–Crippen MR) is 77.3 cm³/mol. The number of amides is 1. The average molecular weight is 280 g/mol. The SMILES string of the molecule is CC(C)CC(C)NC(=O)c1ccc(NN)c([N+](=O)[O-])c1. The molecule has 0 aliphatic heterocycles. The monoisotopic (exact) mass is 280 g/mol. The van der Waals surface area contributed by atoms with Crippen LogP contribution in [0, 0.1) is 16.0 Å². The van der Waals surface area contributed by atoms with E-state index in [0.717, 1.165) is 6.42 Å². The highest BCUT2D eigenvalue weighted by molar-refractivity contribution is 5.95. The van der Waals surface area contributed by atoms with Crippen molar-refractivity contribution in [2.75, 3.05) is 5.43 Å². The molecule has 1 atom stereocenters. The van der Waals surface area contributed by atoms with Gasteiger partial charge in [-0.25, -0.2) is 0 Å². The molecule has 0 aromatic heterocycles. The molecule has 20 heavy (non-hydrogen) atoms. The number of hydrazine groups is 1. The van der Waals surface area contributed by atoms with Crippen molar-refractivity contribution in [2.24, 2.45) is 11.8 Å². The number of anilines is 1. The molecular weight excluding hydrogens is 260 g/mol. The lowest BCUT2D eigenvalue weighted by molar-refractivity contribution is -0.384. The molecule has 0 aliphatic rings. The third kappa shape index (κ3) is 4.20. The molecule has 7 heteroatoms. The molecule has 0 aliphatic carbocycles. The van der Waals surface area contributed by atoms with Crippen molar-refractivity contribution < 1.29 is 9.72 Å². The van der Waals surface area contributed by atoms with Gasteiger partial charge >= 0.3 is 0 Å². The second-order valence-electron chi connectivity index (χ2n) is 5.14. The van der Waals surface area contributed by atoms with Crippen LogP contribution in [0.3, 0.4) is 0 Å². The molecule has 1 rings (SSSR count). The summed E-state index contributed by atoms with van der Waals surface area (Å²) < 4.78 is 0. The number of nitro benzene ring substituents is 1. The summed E-state index contributed by atoms with van der Waals surface area (Å²) in [7, 11) is 0. The van der Waals surface area contributed by atoms with Crippen molar-refractivity contribution in [3.63, 3.8) is 0 Å². The van der Waals surface area contributed by atoms with Crippen LogP contribution in [0.15, 0.2) is 18.2 Å². The van der Waals surface area contributed by atoms with E-state index in [2.05, 4.69) is 24.6 Å². The van der Waals surface area contributed by atoms with Crippen molar-refractivity contribution in [3.05, 3.63) is 33.9 Å². The van der Waals surface area contributed by atoms with Gasteiger partial charge in [0, 0.05) is 17.7 Å². The van der Waals surface area contributed by atoms with Crippen LogP contribution in [-0.4, -0.2) is 16.9 Å². The fraction of sp³-hybridized carbons (Fsp3) is 0.462. The molecule has 0 bridgehead atoms. The number of nitrogen functional groups attached to an aromatic ring is 1. The van der Waals surface area contributed by atoms with E-state index in [9.17, 15) is 14.9 Å². The van der Waals surface area contributed by atoms with Crippen molar-refractivity contribution in [2.45, 2.75) is 33.2 Å². The number of nitrogens with zero attached hydrogens (tertiary/aromatic N) is 1. The summed E-state index contributed by atoms with van der Waals surface area (Å²) in [6.07, 6.45) is 0.844. The molecule has 1 aromatic carbocycles.